The fourth-order valence-corrected chi connectivity index (χ4v) is 1.54. The van der Waals surface area contributed by atoms with Crippen LogP contribution in [0.2, 0.25) is 0 Å². The molecule has 1 heterocycles. The number of ether oxygens (including phenoxy) is 2. The molecule has 5 heteroatoms. The second kappa shape index (κ2) is 5.44. The lowest BCUT2D eigenvalue weighted by Gasteiger charge is -2.26. The molecular weight excluding hydrogens is 198 g/mol. The van der Waals surface area contributed by atoms with Gasteiger partial charge in [-0.1, -0.05) is 0 Å². The van der Waals surface area contributed by atoms with Crippen LogP contribution in [0.3, 0.4) is 0 Å². The molecule has 1 saturated heterocycles. The van der Waals surface area contributed by atoms with Gasteiger partial charge in [0, 0.05) is 33.1 Å². The maximum absolute atomic E-state index is 11.3. The Bertz CT molecular complexity index is 221. The summed E-state index contributed by atoms with van der Waals surface area (Å²) in [6.07, 6.45) is 0.667. The fourth-order valence-electron chi connectivity index (χ4n) is 1.54. The zero-order chi connectivity index (χ0) is 11.3. The van der Waals surface area contributed by atoms with E-state index in [2.05, 4.69) is 5.32 Å². The van der Waals surface area contributed by atoms with Gasteiger partial charge in [-0.3, -0.25) is 4.79 Å². The number of carbonyl (C=O) groups is 1. The van der Waals surface area contributed by atoms with Gasteiger partial charge in [0.1, 0.15) is 5.60 Å². The molecule has 1 amide bonds. The van der Waals surface area contributed by atoms with Crippen LogP contribution in [-0.2, 0) is 14.3 Å². The van der Waals surface area contributed by atoms with E-state index < -0.39 is 5.60 Å². The molecule has 1 aliphatic rings. The summed E-state index contributed by atoms with van der Waals surface area (Å²) in [5.41, 5.74) is -0.914. The molecule has 5 nitrogen and oxygen atoms in total. The van der Waals surface area contributed by atoms with Crippen molar-refractivity contribution in [3.63, 3.8) is 0 Å². The Balaban J connectivity index is 2.26. The predicted molar refractivity (Wildman–Crippen MR) is 54.5 cm³/mol. The molecular formula is C10H19NO4. The van der Waals surface area contributed by atoms with Gasteiger partial charge in [0.25, 0.3) is 0 Å². The van der Waals surface area contributed by atoms with Crippen molar-refractivity contribution in [3.8, 4) is 0 Å². The third kappa shape index (κ3) is 3.44. The van der Waals surface area contributed by atoms with Crippen LogP contribution in [0.4, 0.5) is 0 Å². The van der Waals surface area contributed by atoms with Gasteiger partial charge < -0.3 is 19.9 Å². The zero-order valence-electron chi connectivity index (χ0n) is 9.28. The number of amides is 1. The Morgan fingerprint density at radius 3 is 3.00 bits per heavy atom. The SMILES string of the molecule is COCCC(=O)NCC1(O)CCOC1C. The molecule has 0 aromatic rings. The molecule has 1 fully saturated rings. The maximum atomic E-state index is 11.3. The van der Waals surface area contributed by atoms with Crippen LogP contribution in [0.25, 0.3) is 0 Å². The van der Waals surface area contributed by atoms with E-state index in [0.717, 1.165) is 0 Å². The molecule has 1 aliphatic heterocycles. The van der Waals surface area contributed by atoms with E-state index in [9.17, 15) is 9.90 Å². The molecule has 2 unspecified atom stereocenters. The normalized spacial score (nSPS) is 30.5. The van der Waals surface area contributed by atoms with E-state index in [1.54, 1.807) is 7.11 Å². The average Bonchev–Trinajstić information content (AvgIpc) is 2.54. The third-order valence-electron chi connectivity index (χ3n) is 2.78. The summed E-state index contributed by atoms with van der Waals surface area (Å²) in [4.78, 5) is 11.3. The van der Waals surface area contributed by atoms with Crippen LogP contribution in [0.15, 0.2) is 0 Å². The summed E-state index contributed by atoms with van der Waals surface area (Å²) in [5.74, 6) is -0.107. The third-order valence-corrected chi connectivity index (χ3v) is 2.78. The van der Waals surface area contributed by atoms with Crippen molar-refractivity contribution in [2.45, 2.75) is 31.5 Å². The molecule has 0 spiro atoms. The number of aliphatic hydroxyl groups is 1. The van der Waals surface area contributed by atoms with Crippen molar-refractivity contribution in [2.24, 2.45) is 0 Å². The zero-order valence-corrected chi connectivity index (χ0v) is 9.28. The largest absolute Gasteiger partial charge is 0.385 e. The van der Waals surface area contributed by atoms with Crippen LogP contribution in [0.1, 0.15) is 19.8 Å². The smallest absolute Gasteiger partial charge is 0.222 e. The minimum absolute atomic E-state index is 0.107. The Hall–Kier alpha value is -0.650. The monoisotopic (exact) mass is 217 g/mol. The highest BCUT2D eigenvalue weighted by Crippen LogP contribution is 2.24. The van der Waals surface area contributed by atoms with Crippen molar-refractivity contribution >= 4 is 5.91 Å². The Kier molecular flexibility index (Phi) is 4.50. The first-order chi connectivity index (χ1) is 7.08. The summed E-state index contributed by atoms with van der Waals surface area (Å²) in [5, 5.41) is 12.7. The number of methoxy groups -OCH3 is 1. The minimum Gasteiger partial charge on any atom is -0.385 e. The number of carbonyl (C=O) groups excluding carboxylic acids is 1. The molecule has 15 heavy (non-hydrogen) atoms. The van der Waals surface area contributed by atoms with Gasteiger partial charge in [0.2, 0.25) is 5.91 Å². The number of nitrogens with one attached hydrogen (secondary N) is 1. The van der Waals surface area contributed by atoms with Crippen LogP contribution >= 0.6 is 0 Å². The molecule has 0 saturated carbocycles. The van der Waals surface area contributed by atoms with Gasteiger partial charge in [-0.15, -0.1) is 0 Å². The molecule has 1 rings (SSSR count). The first kappa shape index (κ1) is 12.4. The minimum atomic E-state index is -0.914. The van der Waals surface area contributed by atoms with Crippen molar-refractivity contribution in [3.05, 3.63) is 0 Å². The van der Waals surface area contributed by atoms with E-state index in [0.29, 0.717) is 26.1 Å². The molecule has 88 valence electrons. The van der Waals surface area contributed by atoms with Crippen molar-refractivity contribution in [1.82, 2.24) is 5.32 Å². The van der Waals surface area contributed by atoms with Crippen molar-refractivity contribution in [2.75, 3.05) is 26.9 Å². The first-order valence-corrected chi connectivity index (χ1v) is 5.18. The standard InChI is InChI=1S/C10H19NO4/c1-8-10(13,4-6-15-8)7-11-9(12)3-5-14-2/h8,13H,3-7H2,1-2H3,(H,11,12). The summed E-state index contributed by atoms with van der Waals surface area (Å²) >= 11 is 0. The Morgan fingerprint density at radius 2 is 2.47 bits per heavy atom. The van der Waals surface area contributed by atoms with E-state index >= 15 is 0 Å². The van der Waals surface area contributed by atoms with Crippen molar-refractivity contribution < 1.29 is 19.4 Å². The van der Waals surface area contributed by atoms with Crippen LogP contribution in [-0.4, -0.2) is 49.6 Å². The Labute approximate surface area is 89.8 Å². The molecule has 0 aromatic carbocycles. The van der Waals surface area contributed by atoms with Gasteiger partial charge in [-0.25, -0.2) is 0 Å². The molecule has 0 aromatic heterocycles. The highest BCUT2D eigenvalue weighted by atomic mass is 16.5. The molecule has 2 N–H and O–H groups in total. The highest BCUT2D eigenvalue weighted by molar-refractivity contribution is 5.76. The van der Waals surface area contributed by atoms with Gasteiger partial charge in [0.15, 0.2) is 0 Å². The van der Waals surface area contributed by atoms with Crippen LogP contribution in [0.5, 0.6) is 0 Å². The quantitative estimate of drug-likeness (QED) is 0.662. The van der Waals surface area contributed by atoms with Crippen LogP contribution in [0, 0.1) is 0 Å². The second-order valence-electron chi connectivity index (χ2n) is 3.89. The lowest BCUT2D eigenvalue weighted by atomic mass is 9.97. The topological polar surface area (TPSA) is 67.8 Å². The average molecular weight is 217 g/mol. The molecule has 0 radical (unpaired) electrons. The maximum Gasteiger partial charge on any atom is 0.222 e. The summed E-state index contributed by atoms with van der Waals surface area (Å²) in [7, 11) is 1.55. The van der Waals surface area contributed by atoms with Crippen molar-refractivity contribution in [1.29, 1.82) is 0 Å². The lowest BCUT2D eigenvalue weighted by Crippen LogP contribution is -2.47. The number of hydrogen-bond donors (Lipinski definition) is 2. The summed E-state index contributed by atoms with van der Waals surface area (Å²) in [6.45, 7) is 3.01. The first-order valence-electron chi connectivity index (χ1n) is 5.18. The lowest BCUT2D eigenvalue weighted by molar-refractivity contribution is -0.123. The fraction of sp³-hybridized carbons (Fsp3) is 0.900. The highest BCUT2D eigenvalue weighted by Gasteiger charge is 2.39. The van der Waals surface area contributed by atoms with E-state index in [-0.39, 0.29) is 18.6 Å². The number of hydrogen-bond acceptors (Lipinski definition) is 4. The molecule has 2 atom stereocenters. The van der Waals surface area contributed by atoms with Crippen LogP contribution < -0.4 is 5.32 Å². The van der Waals surface area contributed by atoms with Gasteiger partial charge in [0.05, 0.1) is 12.7 Å². The van der Waals surface area contributed by atoms with E-state index in [4.69, 9.17) is 9.47 Å². The number of rotatable bonds is 5. The Morgan fingerprint density at radius 1 is 1.73 bits per heavy atom. The summed E-state index contributed by atoms with van der Waals surface area (Å²) < 4.78 is 10.0. The predicted octanol–water partition coefficient (Wildman–Crippen LogP) is -0.321. The second-order valence-corrected chi connectivity index (χ2v) is 3.89. The van der Waals surface area contributed by atoms with Gasteiger partial charge in [-0.05, 0) is 6.92 Å². The van der Waals surface area contributed by atoms with E-state index in [1.165, 1.54) is 0 Å². The van der Waals surface area contributed by atoms with E-state index in [1.807, 2.05) is 6.92 Å². The van der Waals surface area contributed by atoms with Gasteiger partial charge >= 0.3 is 0 Å². The molecule has 0 aliphatic carbocycles. The summed E-state index contributed by atoms with van der Waals surface area (Å²) in [6, 6.07) is 0. The molecule has 0 bridgehead atoms. The van der Waals surface area contributed by atoms with Gasteiger partial charge in [-0.2, -0.15) is 0 Å².